The number of hydrogen-bond acceptors (Lipinski definition) is 4. The average Bonchev–Trinajstić information content (AvgIpc) is 2.71. The number of halogens is 2. The minimum atomic E-state index is -0.513. The van der Waals surface area contributed by atoms with E-state index in [0.29, 0.717) is 33.8 Å². The van der Waals surface area contributed by atoms with Crippen LogP contribution in [0.5, 0.6) is 11.6 Å². The highest BCUT2D eigenvalue weighted by atomic mass is 35.5. The number of ether oxygens (including phenoxy) is 1. The molecule has 0 saturated heterocycles. The van der Waals surface area contributed by atoms with Crippen LogP contribution in [0.4, 0.5) is 0 Å². The van der Waals surface area contributed by atoms with E-state index in [2.05, 4.69) is 16.0 Å². The summed E-state index contributed by atoms with van der Waals surface area (Å²) in [5.74, 6) is 0.617. The van der Waals surface area contributed by atoms with E-state index >= 15 is 0 Å². The number of amides is 1. The predicted molar refractivity (Wildman–Crippen MR) is 114 cm³/mol. The zero-order valence-electron chi connectivity index (χ0n) is 15.6. The van der Waals surface area contributed by atoms with Gasteiger partial charge in [-0.2, -0.15) is 0 Å². The van der Waals surface area contributed by atoms with Crippen LogP contribution in [0.15, 0.2) is 54.7 Å². The molecule has 0 saturated carbocycles. The average molecular weight is 428 g/mol. The maximum Gasteiger partial charge on any atom is 0.250 e. The Balaban J connectivity index is 1.45. The minimum Gasteiger partial charge on any atom is -0.439 e. The van der Waals surface area contributed by atoms with Crippen LogP contribution in [0.3, 0.4) is 0 Å². The van der Waals surface area contributed by atoms with Crippen LogP contribution in [0.2, 0.25) is 10.0 Å². The third-order valence-electron chi connectivity index (χ3n) is 4.96. The first-order chi connectivity index (χ1) is 14.0. The lowest BCUT2D eigenvalue weighted by molar-refractivity contribution is 0.1000. The lowest BCUT2D eigenvalue weighted by Gasteiger charge is -2.29. The second-order valence-electron chi connectivity index (χ2n) is 6.94. The van der Waals surface area contributed by atoms with Gasteiger partial charge in [-0.3, -0.25) is 9.69 Å². The highest BCUT2D eigenvalue weighted by molar-refractivity contribution is 6.35. The molecule has 0 bridgehead atoms. The molecule has 0 radical (unpaired) electrons. The SMILES string of the molecule is NC(=O)c1ccc(Oc2ccc3c(c2)CCN(Cc2c(Cl)cccc2Cl)C3)nc1. The Kier molecular flexibility index (Phi) is 5.72. The van der Waals surface area contributed by atoms with E-state index < -0.39 is 5.91 Å². The van der Waals surface area contributed by atoms with Crippen molar-refractivity contribution in [3.8, 4) is 11.6 Å². The number of nitrogens with two attached hydrogens (primary N) is 1. The van der Waals surface area contributed by atoms with Crippen molar-refractivity contribution in [1.82, 2.24) is 9.88 Å². The third-order valence-corrected chi connectivity index (χ3v) is 5.66. The van der Waals surface area contributed by atoms with Crippen molar-refractivity contribution in [1.29, 1.82) is 0 Å². The molecule has 1 aromatic heterocycles. The molecule has 29 heavy (non-hydrogen) atoms. The Morgan fingerprint density at radius 2 is 1.90 bits per heavy atom. The molecule has 0 fully saturated rings. The van der Waals surface area contributed by atoms with E-state index in [4.69, 9.17) is 33.7 Å². The van der Waals surface area contributed by atoms with Crippen molar-refractivity contribution in [3.05, 3.63) is 87.0 Å². The molecule has 5 nitrogen and oxygen atoms in total. The van der Waals surface area contributed by atoms with Crippen LogP contribution in [-0.2, 0) is 19.5 Å². The molecule has 0 spiro atoms. The zero-order valence-corrected chi connectivity index (χ0v) is 17.1. The fourth-order valence-electron chi connectivity index (χ4n) is 3.40. The molecular formula is C22H19Cl2N3O2. The number of carbonyl (C=O) groups excluding carboxylic acids is 1. The van der Waals surface area contributed by atoms with Crippen LogP contribution in [-0.4, -0.2) is 22.3 Å². The van der Waals surface area contributed by atoms with Gasteiger partial charge in [0.25, 0.3) is 0 Å². The van der Waals surface area contributed by atoms with Crippen LogP contribution in [0.25, 0.3) is 0 Å². The maximum absolute atomic E-state index is 11.1. The van der Waals surface area contributed by atoms with Crippen LogP contribution in [0.1, 0.15) is 27.0 Å². The first kappa shape index (κ1) is 19.7. The first-order valence-corrected chi connectivity index (χ1v) is 9.96. The van der Waals surface area contributed by atoms with E-state index in [1.807, 2.05) is 30.3 Å². The second kappa shape index (κ2) is 8.41. The van der Waals surface area contributed by atoms with E-state index in [9.17, 15) is 4.79 Å². The highest BCUT2D eigenvalue weighted by Crippen LogP contribution is 2.30. The Morgan fingerprint density at radius 3 is 2.59 bits per heavy atom. The summed E-state index contributed by atoms with van der Waals surface area (Å²) in [5.41, 5.74) is 9.04. The van der Waals surface area contributed by atoms with Gasteiger partial charge in [0, 0.05) is 47.5 Å². The normalized spacial score (nSPS) is 13.7. The molecule has 2 N–H and O–H groups in total. The molecule has 2 heterocycles. The van der Waals surface area contributed by atoms with Crippen molar-refractivity contribution in [2.24, 2.45) is 5.73 Å². The molecule has 1 amide bonds. The molecule has 7 heteroatoms. The molecule has 1 aliphatic heterocycles. The second-order valence-corrected chi connectivity index (χ2v) is 7.76. The smallest absolute Gasteiger partial charge is 0.250 e. The number of hydrogen-bond donors (Lipinski definition) is 1. The number of rotatable bonds is 5. The van der Waals surface area contributed by atoms with E-state index in [0.717, 1.165) is 25.1 Å². The molecule has 148 valence electrons. The summed E-state index contributed by atoms with van der Waals surface area (Å²) in [6.07, 6.45) is 2.32. The Labute approximate surface area is 179 Å². The van der Waals surface area contributed by atoms with E-state index in [1.54, 1.807) is 12.1 Å². The molecule has 1 aliphatic rings. The topological polar surface area (TPSA) is 68.5 Å². The summed E-state index contributed by atoms with van der Waals surface area (Å²) in [7, 11) is 0. The number of nitrogens with zero attached hydrogens (tertiary/aromatic N) is 2. The van der Waals surface area contributed by atoms with Gasteiger partial charge in [-0.25, -0.2) is 4.98 Å². The van der Waals surface area contributed by atoms with E-state index in [-0.39, 0.29) is 0 Å². The van der Waals surface area contributed by atoms with Crippen LogP contribution < -0.4 is 10.5 Å². The number of pyridine rings is 1. The fraction of sp³-hybridized carbons (Fsp3) is 0.182. The Bertz CT molecular complexity index is 1030. The fourth-order valence-corrected chi connectivity index (χ4v) is 3.92. The van der Waals surface area contributed by atoms with Crippen molar-refractivity contribution >= 4 is 29.1 Å². The molecule has 0 atom stereocenters. The molecular weight excluding hydrogens is 409 g/mol. The van der Waals surface area contributed by atoms with Crippen molar-refractivity contribution in [2.75, 3.05) is 6.54 Å². The number of fused-ring (bicyclic) bond motifs is 1. The summed E-state index contributed by atoms with van der Waals surface area (Å²) in [5, 5.41) is 1.39. The van der Waals surface area contributed by atoms with Crippen molar-refractivity contribution in [3.63, 3.8) is 0 Å². The van der Waals surface area contributed by atoms with Gasteiger partial charge < -0.3 is 10.5 Å². The largest absolute Gasteiger partial charge is 0.439 e. The standard InChI is InChI=1S/C22H19Cl2N3O2/c23-19-2-1-3-20(24)18(19)13-27-9-8-14-10-17(6-4-16(14)12-27)29-21-7-5-15(11-26-21)22(25)28/h1-7,10-11H,8-9,12-13H2,(H2,25,28). The van der Waals surface area contributed by atoms with Gasteiger partial charge in [0.2, 0.25) is 11.8 Å². The summed E-state index contributed by atoms with van der Waals surface area (Å²) in [6.45, 7) is 2.44. The van der Waals surface area contributed by atoms with Crippen LogP contribution in [0, 0.1) is 0 Å². The summed E-state index contributed by atoms with van der Waals surface area (Å²) < 4.78 is 5.82. The summed E-state index contributed by atoms with van der Waals surface area (Å²) >= 11 is 12.6. The molecule has 4 rings (SSSR count). The lowest BCUT2D eigenvalue weighted by Crippen LogP contribution is -2.30. The molecule has 2 aromatic carbocycles. The minimum absolute atomic E-state index is 0.349. The Morgan fingerprint density at radius 1 is 1.10 bits per heavy atom. The van der Waals surface area contributed by atoms with Crippen molar-refractivity contribution in [2.45, 2.75) is 19.5 Å². The van der Waals surface area contributed by atoms with Gasteiger partial charge in [-0.15, -0.1) is 0 Å². The van der Waals surface area contributed by atoms with Gasteiger partial charge in [0.1, 0.15) is 5.75 Å². The summed E-state index contributed by atoms with van der Waals surface area (Å²) in [6, 6.07) is 14.9. The van der Waals surface area contributed by atoms with Gasteiger partial charge in [0.15, 0.2) is 0 Å². The van der Waals surface area contributed by atoms with Crippen molar-refractivity contribution < 1.29 is 9.53 Å². The highest BCUT2D eigenvalue weighted by Gasteiger charge is 2.19. The quantitative estimate of drug-likeness (QED) is 0.632. The molecule has 0 unspecified atom stereocenters. The number of aromatic nitrogens is 1. The zero-order chi connectivity index (χ0) is 20.4. The maximum atomic E-state index is 11.1. The first-order valence-electron chi connectivity index (χ1n) is 9.20. The number of primary amides is 1. The van der Waals surface area contributed by atoms with Crippen LogP contribution >= 0.6 is 23.2 Å². The van der Waals surface area contributed by atoms with Gasteiger partial charge in [0.05, 0.1) is 5.56 Å². The number of benzene rings is 2. The lowest BCUT2D eigenvalue weighted by atomic mass is 9.99. The number of carbonyl (C=O) groups is 1. The van der Waals surface area contributed by atoms with Gasteiger partial charge in [-0.1, -0.05) is 35.3 Å². The molecule has 0 aliphatic carbocycles. The predicted octanol–water partition coefficient (Wildman–Crippen LogP) is 4.84. The summed E-state index contributed by atoms with van der Waals surface area (Å²) in [4.78, 5) is 17.6. The third kappa shape index (κ3) is 4.53. The Hall–Kier alpha value is -2.60. The molecule has 3 aromatic rings. The monoisotopic (exact) mass is 427 g/mol. The van der Waals surface area contributed by atoms with E-state index in [1.165, 1.54) is 17.3 Å². The van der Waals surface area contributed by atoms with Gasteiger partial charge >= 0.3 is 0 Å². The van der Waals surface area contributed by atoms with Gasteiger partial charge in [-0.05, 0) is 47.9 Å².